The molecule has 0 unspecified atom stereocenters. The third-order valence-electron chi connectivity index (χ3n) is 3.78. The van der Waals surface area contributed by atoms with Gasteiger partial charge in [-0.25, -0.2) is 0 Å². The minimum atomic E-state index is -0.0337. The van der Waals surface area contributed by atoms with Crippen molar-refractivity contribution in [1.82, 2.24) is 10.2 Å². The van der Waals surface area contributed by atoms with E-state index in [0.29, 0.717) is 24.3 Å². The molecule has 0 spiro atoms. The van der Waals surface area contributed by atoms with Crippen molar-refractivity contribution in [2.75, 3.05) is 11.9 Å². The van der Waals surface area contributed by atoms with Gasteiger partial charge in [0, 0.05) is 11.8 Å². The van der Waals surface area contributed by atoms with Crippen LogP contribution in [0.5, 0.6) is 5.75 Å². The Bertz CT molecular complexity index is 911. The van der Waals surface area contributed by atoms with Crippen molar-refractivity contribution in [3.63, 3.8) is 0 Å². The van der Waals surface area contributed by atoms with Crippen LogP contribution in [0.3, 0.4) is 0 Å². The van der Waals surface area contributed by atoms with E-state index in [2.05, 4.69) is 21.6 Å². The maximum Gasteiger partial charge on any atom is 0.224 e. The van der Waals surface area contributed by atoms with Gasteiger partial charge < -0.3 is 10.1 Å². The van der Waals surface area contributed by atoms with Crippen molar-refractivity contribution in [3.05, 3.63) is 54.2 Å². The van der Waals surface area contributed by atoms with Gasteiger partial charge in [-0.3, -0.25) is 9.89 Å². The Labute approximate surface area is 145 Å². The molecule has 0 atom stereocenters. The first-order valence-corrected chi connectivity index (χ1v) is 8.11. The van der Waals surface area contributed by atoms with E-state index in [1.54, 1.807) is 24.4 Å². The van der Waals surface area contributed by atoms with Crippen LogP contribution in [0.4, 0.5) is 5.69 Å². The third kappa shape index (κ3) is 4.36. The highest BCUT2D eigenvalue weighted by Gasteiger charge is 2.07. The molecule has 1 aromatic heterocycles. The molecule has 6 nitrogen and oxygen atoms in total. The summed E-state index contributed by atoms with van der Waals surface area (Å²) >= 11 is 0. The first-order chi connectivity index (χ1) is 12.3. The molecule has 126 valence electrons. The number of aromatic nitrogens is 2. The second kappa shape index (κ2) is 7.97. The number of hydrogen-bond acceptors (Lipinski definition) is 4. The molecule has 0 radical (unpaired) electrons. The van der Waals surface area contributed by atoms with Crippen LogP contribution < -0.4 is 10.1 Å². The molecule has 25 heavy (non-hydrogen) atoms. The smallest absolute Gasteiger partial charge is 0.224 e. The Hall–Kier alpha value is -3.33. The number of aromatic amines is 1. The zero-order chi connectivity index (χ0) is 17.5. The lowest BCUT2D eigenvalue weighted by Crippen LogP contribution is -2.12. The zero-order valence-electron chi connectivity index (χ0n) is 13.7. The number of hydrogen-bond donors (Lipinski definition) is 2. The van der Waals surface area contributed by atoms with E-state index in [9.17, 15) is 4.79 Å². The standard InChI is InChI=1S/C19H18N4O2/c20-12-14-5-3-7-16(11-14)25-10-2-1-9-18(24)22-17-8-4-6-15-13-21-23-19(15)17/h3-8,11,13H,1-2,9-10H2,(H,21,23)(H,22,24). The van der Waals surface area contributed by atoms with Crippen molar-refractivity contribution in [1.29, 1.82) is 5.26 Å². The van der Waals surface area contributed by atoms with Gasteiger partial charge >= 0.3 is 0 Å². The summed E-state index contributed by atoms with van der Waals surface area (Å²) in [5.41, 5.74) is 2.14. The van der Waals surface area contributed by atoms with Crippen molar-refractivity contribution in [2.45, 2.75) is 19.3 Å². The van der Waals surface area contributed by atoms with Gasteiger partial charge in [-0.05, 0) is 37.1 Å². The number of unbranched alkanes of at least 4 members (excludes halogenated alkanes) is 1. The molecule has 1 heterocycles. The van der Waals surface area contributed by atoms with Gasteiger partial charge in [0.15, 0.2) is 0 Å². The third-order valence-corrected chi connectivity index (χ3v) is 3.78. The van der Waals surface area contributed by atoms with E-state index in [4.69, 9.17) is 10.00 Å². The summed E-state index contributed by atoms with van der Waals surface area (Å²) in [4.78, 5) is 12.1. The maximum atomic E-state index is 12.1. The number of rotatable bonds is 7. The van der Waals surface area contributed by atoms with Crippen LogP contribution >= 0.6 is 0 Å². The van der Waals surface area contributed by atoms with Crippen LogP contribution in [0.15, 0.2) is 48.7 Å². The number of H-pyrrole nitrogens is 1. The molecule has 0 aliphatic carbocycles. The molecule has 0 aliphatic rings. The monoisotopic (exact) mass is 334 g/mol. The number of carbonyl (C=O) groups is 1. The van der Waals surface area contributed by atoms with Gasteiger partial charge in [-0.2, -0.15) is 10.4 Å². The Morgan fingerprint density at radius 3 is 3.00 bits per heavy atom. The summed E-state index contributed by atoms with van der Waals surface area (Å²) < 4.78 is 5.60. The summed E-state index contributed by atoms with van der Waals surface area (Å²) in [6, 6.07) is 14.8. The van der Waals surface area contributed by atoms with Crippen LogP contribution in [0, 0.1) is 11.3 Å². The van der Waals surface area contributed by atoms with Gasteiger partial charge in [0.25, 0.3) is 0 Å². The Balaban J connectivity index is 1.41. The lowest BCUT2D eigenvalue weighted by atomic mass is 10.2. The van der Waals surface area contributed by atoms with E-state index < -0.39 is 0 Å². The normalized spacial score (nSPS) is 10.4. The first-order valence-electron chi connectivity index (χ1n) is 8.11. The number of nitriles is 1. The van der Waals surface area contributed by atoms with Gasteiger partial charge in [-0.15, -0.1) is 0 Å². The lowest BCUT2D eigenvalue weighted by molar-refractivity contribution is -0.116. The van der Waals surface area contributed by atoms with Crippen LogP contribution in [-0.4, -0.2) is 22.7 Å². The molecule has 0 saturated carbocycles. The fraction of sp³-hybridized carbons (Fsp3) is 0.211. The quantitative estimate of drug-likeness (QED) is 0.646. The maximum absolute atomic E-state index is 12.1. The molecule has 0 fully saturated rings. The second-order valence-corrected chi connectivity index (χ2v) is 5.63. The number of anilines is 1. The van der Waals surface area contributed by atoms with Crippen molar-refractivity contribution in [2.24, 2.45) is 0 Å². The van der Waals surface area contributed by atoms with Crippen LogP contribution in [0.25, 0.3) is 10.9 Å². The minimum Gasteiger partial charge on any atom is -0.494 e. The zero-order valence-corrected chi connectivity index (χ0v) is 13.7. The molecule has 0 saturated heterocycles. The minimum absolute atomic E-state index is 0.0337. The number of amides is 1. The summed E-state index contributed by atoms with van der Waals surface area (Å²) in [7, 11) is 0. The molecule has 0 bridgehead atoms. The summed E-state index contributed by atoms with van der Waals surface area (Å²) in [5.74, 6) is 0.642. The van der Waals surface area contributed by atoms with E-state index in [-0.39, 0.29) is 5.91 Å². The molecular weight excluding hydrogens is 316 g/mol. The van der Waals surface area contributed by atoms with Gasteiger partial charge in [0.2, 0.25) is 5.91 Å². The second-order valence-electron chi connectivity index (χ2n) is 5.63. The number of nitrogens with one attached hydrogen (secondary N) is 2. The van der Waals surface area contributed by atoms with E-state index in [1.165, 1.54) is 0 Å². The lowest BCUT2D eigenvalue weighted by Gasteiger charge is -2.07. The van der Waals surface area contributed by atoms with Gasteiger partial charge in [-0.1, -0.05) is 18.2 Å². The van der Waals surface area contributed by atoms with Crippen molar-refractivity contribution >= 4 is 22.5 Å². The number of carbonyl (C=O) groups excluding carboxylic acids is 1. The number of para-hydroxylation sites is 1. The molecular formula is C19H18N4O2. The average molecular weight is 334 g/mol. The first kappa shape index (κ1) is 16.5. The highest BCUT2D eigenvalue weighted by Crippen LogP contribution is 2.20. The van der Waals surface area contributed by atoms with Gasteiger partial charge in [0.05, 0.1) is 35.6 Å². The molecule has 1 amide bonds. The topological polar surface area (TPSA) is 90.8 Å². The number of nitrogens with zero attached hydrogens (tertiary/aromatic N) is 2. The largest absolute Gasteiger partial charge is 0.494 e. The Morgan fingerprint density at radius 2 is 2.12 bits per heavy atom. The average Bonchev–Trinajstić information content (AvgIpc) is 3.11. The predicted molar refractivity (Wildman–Crippen MR) is 95.2 cm³/mol. The Kier molecular flexibility index (Phi) is 5.27. The number of benzene rings is 2. The van der Waals surface area contributed by atoms with Crippen LogP contribution in [0.2, 0.25) is 0 Å². The molecule has 3 rings (SSSR count). The Morgan fingerprint density at radius 1 is 1.24 bits per heavy atom. The van der Waals surface area contributed by atoms with E-state index in [0.717, 1.165) is 29.4 Å². The van der Waals surface area contributed by atoms with Crippen LogP contribution in [0.1, 0.15) is 24.8 Å². The summed E-state index contributed by atoms with van der Waals surface area (Å²) in [6.07, 6.45) is 3.64. The molecule has 2 N–H and O–H groups in total. The van der Waals surface area contributed by atoms with E-state index in [1.807, 2.05) is 24.3 Å². The fourth-order valence-corrected chi connectivity index (χ4v) is 2.52. The number of fused-ring (bicyclic) bond motifs is 1. The van der Waals surface area contributed by atoms with Crippen molar-refractivity contribution in [3.8, 4) is 11.8 Å². The van der Waals surface area contributed by atoms with Crippen molar-refractivity contribution < 1.29 is 9.53 Å². The molecule has 0 aliphatic heterocycles. The fourth-order valence-electron chi connectivity index (χ4n) is 2.52. The SMILES string of the molecule is N#Cc1cccc(OCCCCC(=O)Nc2cccc3cn[nH]c23)c1. The highest BCUT2D eigenvalue weighted by molar-refractivity contribution is 6.00. The van der Waals surface area contributed by atoms with E-state index >= 15 is 0 Å². The van der Waals surface area contributed by atoms with Gasteiger partial charge in [0.1, 0.15) is 5.75 Å². The van der Waals surface area contributed by atoms with Crippen LogP contribution in [-0.2, 0) is 4.79 Å². The molecule has 2 aromatic carbocycles. The molecule has 3 aromatic rings. The molecule has 6 heteroatoms. The highest BCUT2D eigenvalue weighted by atomic mass is 16.5. The predicted octanol–water partition coefficient (Wildman–Crippen LogP) is 3.62. The summed E-state index contributed by atoms with van der Waals surface area (Å²) in [5, 5.41) is 19.6. The number of ether oxygens (including phenoxy) is 1. The summed E-state index contributed by atoms with van der Waals surface area (Å²) in [6.45, 7) is 0.512.